The third-order valence-electron chi connectivity index (χ3n) is 5.76. The summed E-state index contributed by atoms with van der Waals surface area (Å²) >= 11 is 0. The smallest absolute Gasteiger partial charge is 0.215 e. The van der Waals surface area contributed by atoms with E-state index < -0.39 is 0 Å². The molecule has 5 aromatic rings. The molecule has 5 heteroatoms. The van der Waals surface area contributed by atoms with Crippen LogP contribution in [0.2, 0.25) is 0 Å². The van der Waals surface area contributed by atoms with Gasteiger partial charge >= 0.3 is 0 Å². The molecule has 34 heavy (non-hydrogen) atoms. The molecular formula is C29H24N4O. The first-order chi connectivity index (χ1) is 16.6. The van der Waals surface area contributed by atoms with E-state index in [1.54, 1.807) is 0 Å². The number of anilines is 2. The van der Waals surface area contributed by atoms with E-state index in [0.29, 0.717) is 11.3 Å². The second kappa shape index (κ2) is 9.16. The summed E-state index contributed by atoms with van der Waals surface area (Å²) in [6, 6.07) is 33.1. The summed E-state index contributed by atoms with van der Waals surface area (Å²) in [4.78, 5) is 20.7. The van der Waals surface area contributed by atoms with E-state index in [-0.39, 0.29) is 11.5 Å². The lowest BCUT2D eigenvalue weighted by molar-refractivity contribution is 0.106. The van der Waals surface area contributed by atoms with E-state index >= 15 is 0 Å². The molecule has 1 N–H and O–H groups in total. The fraction of sp³-hybridized carbons (Fsp3) is 0.0690. The third-order valence-corrected chi connectivity index (χ3v) is 5.76. The Labute approximate surface area is 198 Å². The first-order valence-electron chi connectivity index (χ1n) is 11.1. The van der Waals surface area contributed by atoms with Gasteiger partial charge in [-0.05, 0) is 47.9 Å². The van der Waals surface area contributed by atoms with Crippen LogP contribution in [0.4, 0.5) is 11.4 Å². The van der Waals surface area contributed by atoms with Gasteiger partial charge in [-0.15, -0.1) is 0 Å². The number of benzene rings is 4. The summed E-state index contributed by atoms with van der Waals surface area (Å²) in [5, 5.41) is 7.56. The van der Waals surface area contributed by atoms with Gasteiger partial charge in [-0.25, -0.2) is 4.98 Å². The molecule has 5 nitrogen and oxygen atoms in total. The summed E-state index contributed by atoms with van der Waals surface area (Å²) < 4.78 is 0. The number of rotatable bonds is 6. The maximum absolute atomic E-state index is 13.8. The van der Waals surface area contributed by atoms with Gasteiger partial charge in [-0.1, -0.05) is 60.7 Å². The number of nitrogens with one attached hydrogen (secondary N) is 1. The van der Waals surface area contributed by atoms with Crippen molar-refractivity contribution >= 4 is 44.5 Å². The lowest BCUT2D eigenvalue weighted by Gasteiger charge is -2.14. The molecule has 1 aromatic heterocycles. The molecule has 1 heterocycles. The number of hydrogen-bond donors (Lipinski definition) is 1. The zero-order chi connectivity index (χ0) is 23.5. The molecule has 166 valence electrons. The highest BCUT2D eigenvalue weighted by atomic mass is 16.1. The molecule has 0 radical (unpaired) electrons. The minimum Gasteiger partial charge on any atom is -0.378 e. The predicted octanol–water partition coefficient (Wildman–Crippen LogP) is 6.15. The van der Waals surface area contributed by atoms with Crippen molar-refractivity contribution in [3.8, 4) is 0 Å². The van der Waals surface area contributed by atoms with Gasteiger partial charge in [0.2, 0.25) is 5.78 Å². The van der Waals surface area contributed by atoms with Crippen molar-refractivity contribution in [3.05, 3.63) is 114 Å². The lowest BCUT2D eigenvalue weighted by Crippen LogP contribution is -2.20. The maximum Gasteiger partial charge on any atom is 0.215 e. The topological polar surface area (TPSA) is 57.6 Å². The van der Waals surface area contributed by atoms with Crippen LogP contribution < -0.4 is 10.3 Å². The van der Waals surface area contributed by atoms with Crippen molar-refractivity contribution in [2.75, 3.05) is 24.4 Å². The van der Waals surface area contributed by atoms with Crippen molar-refractivity contribution in [1.29, 1.82) is 0 Å². The van der Waals surface area contributed by atoms with Crippen LogP contribution in [0, 0.1) is 0 Å². The van der Waals surface area contributed by atoms with Crippen LogP contribution >= 0.6 is 0 Å². The van der Waals surface area contributed by atoms with Gasteiger partial charge in [0, 0.05) is 36.1 Å². The van der Waals surface area contributed by atoms with Gasteiger partial charge in [-0.3, -0.25) is 10.2 Å². The number of ketones is 1. The van der Waals surface area contributed by atoms with Gasteiger partial charge in [0.15, 0.2) is 5.71 Å². The highest BCUT2D eigenvalue weighted by molar-refractivity contribution is 6.53. The number of hydrogen-bond acceptors (Lipinski definition) is 5. The average molecular weight is 445 g/mol. The molecule has 0 aliphatic carbocycles. The normalized spacial score (nSPS) is 11.5. The molecule has 0 atom stereocenters. The monoisotopic (exact) mass is 444 g/mol. The van der Waals surface area contributed by atoms with Crippen molar-refractivity contribution in [2.24, 2.45) is 5.10 Å². The van der Waals surface area contributed by atoms with E-state index in [0.717, 1.165) is 33.1 Å². The van der Waals surface area contributed by atoms with E-state index in [2.05, 4.69) is 22.7 Å². The Hall–Kier alpha value is -4.51. The zero-order valence-corrected chi connectivity index (χ0v) is 19.1. The second-order valence-corrected chi connectivity index (χ2v) is 8.23. The molecule has 0 bridgehead atoms. The van der Waals surface area contributed by atoms with Crippen molar-refractivity contribution < 1.29 is 4.79 Å². The van der Waals surface area contributed by atoms with Crippen molar-refractivity contribution in [1.82, 2.24) is 4.98 Å². The van der Waals surface area contributed by atoms with Gasteiger partial charge in [-0.2, -0.15) is 5.10 Å². The molecule has 0 saturated carbocycles. The number of carbonyl (C=O) groups is 1. The Bertz CT molecular complexity index is 1510. The first kappa shape index (κ1) is 21.3. The molecule has 5 rings (SSSR count). The SMILES string of the molecule is CN(C)c1ccc(C(=O)/C(=N\Nc2ccccc2)c2nc3ccccc3c3ccccc23)cc1. The van der Waals surface area contributed by atoms with E-state index in [1.807, 2.05) is 110 Å². The Morgan fingerprint density at radius 3 is 2.06 bits per heavy atom. The number of Topliss-reactive ketones (excluding diaryl/α,β-unsaturated/α-hetero) is 1. The van der Waals surface area contributed by atoms with Gasteiger partial charge in [0.1, 0.15) is 5.69 Å². The predicted molar refractivity (Wildman–Crippen MR) is 141 cm³/mol. The molecule has 0 spiro atoms. The van der Waals surface area contributed by atoms with Crippen molar-refractivity contribution in [2.45, 2.75) is 0 Å². The van der Waals surface area contributed by atoms with Crippen LogP contribution in [-0.2, 0) is 0 Å². The fourth-order valence-corrected chi connectivity index (χ4v) is 3.98. The lowest BCUT2D eigenvalue weighted by atomic mass is 9.97. The van der Waals surface area contributed by atoms with Crippen LogP contribution in [-0.4, -0.2) is 30.6 Å². The van der Waals surface area contributed by atoms with Crippen LogP contribution in [0.3, 0.4) is 0 Å². The van der Waals surface area contributed by atoms with E-state index in [1.165, 1.54) is 0 Å². The van der Waals surface area contributed by atoms with Crippen LogP contribution in [0.25, 0.3) is 21.7 Å². The van der Waals surface area contributed by atoms with Gasteiger partial charge < -0.3 is 4.90 Å². The minimum absolute atomic E-state index is 0.193. The molecule has 4 aromatic carbocycles. The number of fused-ring (bicyclic) bond motifs is 3. The summed E-state index contributed by atoms with van der Waals surface area (Å²) in [7, 11) is 3.94. The summed E-state index contributed by atoms with van der Waals surface area (Å²) in [6.45, 7) is 0. The zero-order valence-electron chi connectivity index (χ0n) is 19.1. The minimum atomic E-state index is -0.193. The summed E-state index contributed by atoms with van der Waals surface area (Å²) in [5.74, 6) is -0.193. The Kier molecular flexibility index (Phi) is 5.75. The standard InChI is InChI=1S/C29H24N4O/c1-33(2)22-18-16-20(17-19-22)29(34)28(32-31-21-10-4-3-5-11-21)27-25-14-7-6-12-23(25)24-13-8-9-15-26(24)30-27/h3-19,31H,1-2H3/b32-28-. The Morgan fingerprint density at radius 1 is 0.735 bits per heavy atom. The molecule has 0 aliphatic heterocycles. The van der Waals surface area contributed by atoms with E-state index in [4.69, 9.17) is 4.98 Å². The maximum atomic E-state index is 13.8. The largest absolute Gasteiger partial charge is 0.378 e. The first-order valence-corrected chi connectivity index (χ1v) is 11.1. The Balaban J connectivity index is 1.69. The number of hydrazone groups is 1. The fourth-order valence-electron chi connectivity index (χ4n) is 3.98. The van der Waals surface area contributed by atoms with E-state index in [9.17, 15) is 4.79 Å². The molecule has 0 amide bonds. The Morgan fingerprint density at radius 2 is 1.35 bits per heavy atom. The number of aromatic nitrogens is 1. The number of nitrogens with zero attached hydrogens (tertiary/aromatic N) is 3. The molecule has 0 fully saturated rings. The van der Waals surface area contributed by atoms with Crippen LogP contribution in [0.5, 0.6) is 0 Å². The third kappa shape index (κ3) is 4.11. The van der Waals surface area contributed by atoms with Crippen LogP contribution in [0.15, 0.2) is 108 Å². The van der Waals surface area contributed by atoms with Crippen LogP contribution in [0.1, 0.15) is 16.1 Å². The number of pyridine rings is 1. The van der Waals surface area contributed by atoms with Gasteiger partial charge in [0.05, 0.1) is 11.2 Å². The number of carbonyl (C=O) groups excluding carboxylic acids is 1. The quantitative estimate of drug-likeness (QED) is 0.148. The average Bonchev–Trinajstić information content (AvgIpc) is 2.89. The summed E-state index contributed by atoms with van der Waals surface area (Å²) in [6.07, 6.45) is 0. The highest BCUT2D eigenvalue weighted by Crippen LogP contribution is 2.28. The van der Waals surface area contributed by atoms with Crippen molar-refractivity contribution in [3.63, 3.8) is 0 Å². The second-order valence-electron chi connectivity index (χ2n) is 8.23. The molecule has 0 saturated heterocycles. The van der Waals surface area contributed by atoms with Gasteiger partial charge in [0.25, 0.3) is 0 Å². The molecular weight excluding hydrogens is 420 g/mol. The molecule has 0 aliphatic rings. The highest BCUT2D eigenvalue weighted by Gasteiger charge is 2.22. The summed E-state index contributed by atoms with van der Waals surface area (Å²) in [5.41, 5.74) is 7.06. The molecule has 0 unspecified atom stereocenters. The number of para-hydroxylation sites is 2.